The quantitative estimate of drug-likeness (QED) is 0.138. The van der Waals surface area contributed by atoms with Gasteiger partial charge in [-0.1, -0.05) is 50.3 Å². The van der Waals surface area contributed by atoms with Crippen molar-refractivity contribution >= 4 is 30.6 Å². The predicted molar refractivity (Wildman–Crippen MR) is 176 cm³/mol. The van der Waals surface area contributed by atoms with Crippen LogP contribution in [0.3, 0.4) is 0 Å². The molecule has 1 saturated carbocycles. The molecule has 0 N–H and O–H groups in total. The Balaban J connectivity index is 1.42. The summed E-state index contributed by atoms with van der Waals surface area (Å²) in [4.78, 5) is 16.8. The van der Waals surface area contributed by atoms with E-state index in [1.165, 1.54) is 17.3 Å². The van der Waals surface area contributed by atoms with E-state index in [1.54, 1.807) is 29.9 Å². The number of likely N-dealkylation sites (tertiary alicyclic amines) is 1. The van der Waals surface area contributed by atoms with Crippen LogP contribution in [0.25, 0.3) is 16.6 Å². The summed E-state index contributed by atoms with van der Waals surface area (Å²) in [5.41, 5.74) is 1.46. The maximum absolute atomic E-state index is 14.4. The Hall–Kier alpha value is -2.86. The van der Waals surface area contributed by atoms with Crippen molar-refractivity contribution in [2.24, 2.45) is 13.0 Å². The maximum Gasteiger partial charge on any atom is 0.279 e. The highest BCUT2D eigenvalue weighted by atomic mass is 35.5. The van der Waals surface area contributed by atoms with Gasteiger partial charge in [-0.15, -0.1) is 10.2 Å². The summed E-state index contributed by atoms with van der Waals surface area (Å²) >= 11 is 6.92. The molecule has 1 aliphatic carbocycles. The average molecular weight is 657 g/mol. The number of aryl methyl sites for hydroxylation is 1. The molecule has 242 valence electrons. The minimum atomic E-state index is -2.81. The van der Waals surface area contributed by atoms with Crippen molar-refractivity contribution in [3.8, 4) is 5.69 Å². The van der Waals surface area contributed by atoms with E-state index in [1.807, 2.05) is 22.8 Å². The van der Waals surface area contributed by atoms with Crippen LogP contribution >= 0.6 is 11.6 Å². The van der Waals surface area contributed by atoms with Crippen LogP contribution in [-0.2, 0) is 30.5 Å². The molecular weight excluding hydrogens is 614 g/mol. The largest absolute Gasteiger partial charge is 0.361 e. The summed E-state index contributed by atoms with van der Waals surface area (Å²) in [5, 5.41) is 9.32. The first kappa shape index (κ1) is 32.1. The molecule has 4 heterocycles. The van der Waals surface area contributed by atoms with Gasteiger partial charge in [0.15, 0.2) is 0 Å². The van der Waals surface area contributed by atoms with Crippen molar-refractivity contribution in [3.05, 3.63) is 75.3 Å². The van der Waals surface area contributed by atoms with Gasteiger partial charge in [-0.3, -0.25) is 14.3 Å². The van der Waals surface area contributed by atoms with Crippen LogP contribution in [0.4, 0.5) is 8.78 Å². The van der Waals surface area contributed by atoms with Crippen LogP contribution in [-0.4, -0.2) is 62.5 Å². The lowest BCUT2D eigenvalue weighted by Crippen LogP contribution is -2.51. The Morgan fingerprint density at radius 2 is 1.96 bits per heavy atom. The average Bonchev–Trinajstić information content (AvgIpc) is 3.55. The normalized spacial score (nSPS) is 20.0. The maximum atomic E-state index is 14.4. The van der Waals surface area contributed by atoms with Gasteiger partial charge in [0.1, 0.15) is 24.4 Å². The molecule has 2 aliphatic rings. The first-order valence-corrected chi connectivity index (χ1v) is 19.9. The Kier molecular flexibility index (Phi) is 8.60. The highest BCUT2D eigenvalue weighted by Crippen LogP contribution is 2.56. The van der Waals surface area contributed by atoms with Gasteiger partial charge >= 0.3 is 0 Å². The fraction of sp³-hybridized carbons (Fsp3) is 0.545. The third-order valence-electron chi connectivity index (χ3n) is 9.38. The number of rotatable bonds is 10. The highest BCUT2D eigenvalue weighted by Gasteiger charge is 2.60. The van der Waals surface area contributed by atoms with E-state index in [9.17, 15) is 13.6 Å². The van der Waals surface area contributed by atoms with E-state index in [0.29, 0.717) is 52.1 Å². The van der Waals surface area contributed by atoms with Crippen molar-refractivity contribution in [3.63, 3.8) is 0 Å². The van der Waals surface area contributed by atoms with E-state index in [-0.39, 0.29) is 25.1 Å². The van der Waals surface area contributed by atoms with Gasteiger partial charge in [0.2, 0.25) is 0 Å². The molecule has 2 fully saturated rings. The van der Waals surface area contributed by atoms with Gasteiger partial charge in [-0.25, -0.2) is 8.78 Å². The van der Waals surface area contributed by atoms with Crippen LogP contribution in [0.5, 0.6) is 0 Å². The number of aromatic nitrogens is 5. The SMILES string of the molecule is C[C@H]1CCCN(Cc2cc3c(Cl)cn(-c4cccc(C5(c6nncn6C)CC(F)(F)C5)c4)c(=O)c3n2COCC[Si](C)(C)C)C1. The van der Waals surface area contributed by atoms with Crippen LogP contribution < -0.4 is 5.56 Å². The lowest BCUT2D eigenvalue weighted by molar-refractivity contribution is -0.116. The predicted octanol–water partition coefficient (Wildman–Crippen LogP) is 6.83. The molecule has 0 unspecified atom stereocenters. The van der Waals surface area contributed by atoms with E-state index in [2.05, 4.69) is 41.7 Å². The third kappa shape index (κ3) is 6.41. The van der Waals surface area contributed by atoms with Crippen molar-refractivity contribution in [2.45, 2.75) is 82.9 Å². The number of piperidine rings is 1. The second-order valence-electron chi connectivity index (χ2n) is 14.4. The van der Waals surface area contributed by atoms with E-state index in [0.717, 1.165) is 31.2 Å². The first-order valence-electron chi connectivity index (χ1n) is 15.8. The molecule has 1 aromatic carbocycles. The molecule has 0 spiro atoms. The zero-order valence-corrected chi connectivity index (χ0v) is 28.6. The first-order chi connectivity index (χ1) is 21.3. The number of hydrogen-bond donors (Lipinski definition) is 0. The number of ether oxygens (including phenoxy) is 1. The molecule has 0 amide bonds. The monoisotopic (exact) mass is 656 g/mol. The van der Waals surface area contributed by atoms with Gasteiger partial charge in [-0.05, 0) is 55.1 Å². The second kappa shape index (κ2) is 12.1. The lowest BCUT2D eigenvalue weighted by Gasteiger charge is -2.46. The molecule has 4 aromatic rings. The molecule has 45 heavy (non-hydrogen) atoms. The lowest BCUT2D eigenvalue weighted by atomic mass is 9.61. The molecule has 8 nitrogen and oxygen atoms in total. The van der Waals surface area contributed by atoms with Crippen LogP contribution in [0.15, 0.2) is 47.7 Å². The highest BCUT2D eigenvalue weighted by molar-refractivity contribution is 6.76. The van der Waals surface area contributed by atoms with Crippen LogP contribution in [0.2, 0.25) is 30.7 Å². The Bertz CT molecular complexity index is 1750. The number of fused-ring (bicyclic) bond motifs is 1. The smallest absolute Gasteiger partial charge is 0.279 e. The minimum absolute atomic E-state index is 0.231. The summed E-state index contributed by atoms with van der Waals surface area (Å²) in [6.45, 7) is 12.8. The molecule has 0 radical (unpaired) electrons. The topological polar surface area (TPSA) is 70.1 Å². The third-order valence-corrected chi connectivity index (χ3v) is 11.4. The number of hydrogen-bond acceptors (Lipinski definition) is 5. The Labute approximate surface area is 269 Å². The van der Waals surface area contributed by atoms with Crippen LogP contribution in [0, 0.1) is 5.92 Å². The van der Waals surface area contributed by atoms with Gasteiger partial charge in [0.05, 0.1) is 10.4 Å². The second-order valence-corrected chi connectivity index (χ2v) is 20.4. The molecule has 1 saturated heterocycles. The summed E-state index contributed by atoms with van der Waals surface area (Å²) in [5.74, 6) is -1.70. The van der Waals surface area contributed by atoms with Crippen molar-refractivity contribution in [1.29, 1.82) is 0 Å². The molecule has 6 rings (SSSR count). The number of benzene rings is 1. The number of halogens is 3. The van der Waals surface area contributed by atoms with Crippen molar-refractivity contribution in [1.82, 2.24) is 28.8 Å². The Morgan fingerprint density at radius 3 is 2.62 bits per heavy atom. The van der Waals surface area contributed by atoms with Gasteiger partial charge in [0, 0.05) is 70.6 Å². The van der Waals surface area contributed by atoms with Gasteiger partial charge in [-0.2, -0.15) is 0 Å². The van der Waals surface area contributed by atoms with E-state index in [4.69, 9.17) is 16.3 Å². The van der Waals surface area contributed by atoms with Crippen molar-refractivity contribution in [2.75, 3.05) is 19.7 Å². The number of alkyl halides is 2. The fourth-order valence-electron chi connectivity index (χ4n) is 7.03. The zero-order chi connectivity index (χ0) is 32.1. The molecule has 1 atom stereocenters. The molecule has 0 bridgehead atoms. The van der Waals surface area contributed by atoms with Gasteiger partial charge in [0.25, 0.3) is 11.5 Å². The molecule has 12 heteroatoms. The van der Waals surface area contributed by atoms with Crippen molar-refractivity contribution < 1.29 is 13.5 Å². The summed E-state index contributed by atoms with van der Waals surface area (Å²) in [6, 6.07) is 10.3. The fourth-order valence-corrected chi connectivity index (χ4v) is 8.02. The molecule has 1 aliphatic heterocycles. The number of pyridine rings is 1. The summed E-state index contributed by atoms with van der Waals surface area (Å²) < 4.78 is 40.3. The summed E-state index contributed by atoms with van der Waals surface area (Å²) in [7, 11) is 0.461. The van der Waals surface area contributed by atoms with E-state index >= 15 is 0 Å². The standard InChI is InChI=1S/C33H43ClF2N6O2Si/c1-23-8-7-11-40(16-23)17-26-15-27-28(34)18-41(30(43)29(27)42(26)22-44-12-13-45(3,4)5)25-10-6-9-24(14-25)32(19-33(35,36)20-32)31-38-37-21-39(31)2/h6,9-10,14-15,18,21,23H,7-8,11-13,16-17,19-20,22H2,1-5H3/t23-/m0/s1. The zero-order valence-electron chi connectivity index (χ0n) is 26.8. The van der Waals surface area contributed by atoms with E-state index < -0.39 is 19.4 Å². The summed E-state index contributed by atoms with van der Waals surface area (Å²) in [6.07, 6.45) is 4.79. The Morgan fingerprint density at radius 1 is 1.18 bits per heavy atom. The van der Waals surface area contributed by atoms with Crippen LogP contribution in [0.1, 0.15) is 49.7 Å². The minimum Gasteiger partial charge on any atom is -0.361 e. The van der Waals surface area contributed by atoms with Gasteiger partial charge < -0.3 is 13.9 Å². The molecule has 3 aromatic heterocycles. The molecular formula is C33H43ClF2N6O2Si. The number of nitrogens with zero attached hydrogens (tertiary/aromatic N) is 6.